The smallest absolute Gasteiger partial charge is 0.305 e. The monoisotopic (exact) mass is 591 g/mol. The van der Waals surface area contributed by atoms with Gasteiger partial charge in [-0.3, -0.25) is 4.79 Å². The number of rotatable bonds is 9. The Morgan fingerprint density at radius 2 is 1.49 bits per heavy atom. The summed E-state index contributed by atoms with van der Waals surface area (Å²) in [5.41, 5.74) is 7.56. The normalized spacial score (nSPS) is 16.4. The van der Waals surface area contributed by atoms with E-state index in [4.69, 9.17) is 6.58 Å². The average molecular weight is 592 g/mol. The van der Waals surface area contributed by atoms with Gasteiger partial charge in [0, 0.05) is 28.8 Å². The highest BCUT2D eigenvalue weighted by atomic mass is 16.4. The van der Waals surface area contributed by atoms with Gasteiger partial charge in [-0.2, -0.15) is 0 Å². The molecule has 45 heavy (non-hydrogen) atoms. The number of aliphatic carboxylic acids is 1. The first kappa shape index (κ1) is 30.1. The van der Waals surface area contributed by atoms with Crippen LogP contribution >= 0.6 is 0 Å². The molecule has 0 aliphatic carbocycles. The van der Waals surface area contributed by atoms with Gasteiger partial charge >= 0.3 is 5.97 Å². The largest absolute Gasteiger partial charge is 0.481 e. The SMILES string of the molecule is C=C(/C=C/C=C1/N(CCC(=O)O)c2ccc3ccccc3c2C1(C)C)C(C)(Cc1ccccc1)c1c(C)ccc2ccccc12. The number of fused-ring (bicyclic) bond motifs is 4. The summed E-state index contributed by atoms with van der Waals surface area (Å²) < 4.78 is 0. The van der Waals surface area contributed by atoms with Gasteiger partial charge in [0.15, 0.2) is 0 Å². The van der Waals surface area contributed by atoms with E-state index in [0.717, 1.165) is 23.4 Å². The van der Waals surface area contributed by atoms with Crippen molar-refractivity contribution in [1.29, 1.82) is 0 Å². The number of nitrogens with zero attached hydrogens (tertiary/aromatic N) is 1. The Labute approximate surface area is 266 Å². The van der Waals surface area contributed by atoms with E-state index in [9.17, 15) is 9.90 Å². The van der Waals surface area contributed by atoms with Crippen molar-refractivity contribution in [3.05, 3.63) is 161 Å². The minimum Gasteiger partial charge on any atom is -0.481 e. The van der Waals surface area contributed by atoms with Crippen LogP contribution in [-0.2, 0) is 22.0 Å². The summed E-state index contributed by atoms with van der Waals surface area (Å²) in [5, 5.41) is 14.5. The van der Waals surface area contributed by atoms with Crippen molar-refractivity contribution in [3.8, 4) is 0 Å². The highest BCUT2D eigenvalue weighted by molar-refractivity contribution is 5.95. The molecule has 1 aliphatic rings. The molecule has 0 saturated carbocycles. The molecule has 0 radical (unpaired) electrons. The number of carboxylic acid groups (broad SMARTS) is 1. The summed E-state index contributed by atoms with van der Waals surface area (Å²) >= 11 is 0. The molecule has 0 spiro atoms. The van der Waals surface area contributed by atoms with Crippen LogP contribution in [0, 0.1) is 6.92 Å². The maximum Gasteiger partial charge on any atom is 0.305 e. The lowest BCUT2D eigenvalue weighted by molar-refractivity contribution is -0.136. The summed E-state index contributed by atoms with van der Waals surface area (Å²) in [4.78, 5) is 13.9. The Hall–Kier alpha value is -4.89. The Bertz CT molecular complexity index is 1980. The summed E-state index contributed by atoms with van der Waals surface area (Å²) in [7, 11) is 0. The first-order valence-corrected chi connectivity index (χ1v) is 15.7. The van der Waals surface area contributed by atoms with E-state index >= 15 is 0 Å². The molecule has 5 aromatic rings. The first-order valence-electron chi connectivity index (χ1n) is 15.7. The molecule has 0 fully saturated rings. The van der Waals surface area contributed by atoms with Crippen LogP contribution < -0.4 is 4.90 Å². The zero-order valence-corrected chi connectivity index (χ0v) is 26.7. The number of aryl methyl sites for hydroxylation is 1. The lowest BCUT2D eigenvalue weighted by Crippen LogP contribution is -2.28. The average Bonchev–Trinajstić information content (AvgIpc) is 3.25. The van der Waals surface area contributed by atoms with Crippen LogP contribution in [0.2, 0.25) is 0 Å². The van der Waals surface area contributed by atoms with Crippen molar-refractivity contribution in [2.75, 3.05) is 11.4 Å². The van der Waals surface area contributed by atoms with Gasteiger partial charge in [0.25, 0.3) is 0 Å². The maximum atomic E-state index is 11.7. The van der Waals surface area contributed by atoms with E-state index in [1.807, 2.05) is 0 Å². The molecule has 0 amide bonds. The standard InChI is InChI=1S/C42H41NO2/c1-29-22-23-32-17-9-11-19-34(32)39(29)42(5,28-31-15-7-6-8-16-31)30(2)14-13-21-37-41(3,4)40-35-20-12-10-18-33(35)24-25-36(40)43(37)27-26-38(44)45/h6-25H,2,26-28H2,1,3-5H3,(H,44,45)/b14-13+,37-21+. The van der Waals surface area contributed by atoms with Crippen LogP contribution in [0.15, 0.2) is 139 Å². The van der Waals surface area contributed by atoms with Crippen molar-refractivity contribution < 1.29 is 9.90 Å². The summed E-state index contributed by atoms with van der Waals surface area (Å²) in [6, 6.07) is 36.4. The second-order valence-corrected chi connectivity index (χ2v) is 13.0. The quantitative estimate of drug-likeness (QED) is 0.173. The second kappa shape index (κ2) is 11.9. The van der Waals surface area contributed by atoms with Crippen LogP contribution in [0.5, 0.6) is 0 Å². The molecule has 226 valence electrons. The van der Waals surface area contributed by atoms with E-state index < -0.39 is 5.97 Å². The Morgan fingerprint density at radius 1 is 0.867 bits per heavy atom. The Morgan fingerprint density at radius 3 is 2.20 bits per heavy atom. The summed E-state index contributed by atoms with van der Waals surface area (Å²) in [5.74, 6) is -0.799. The van der Waals surface area contributed by atoms with Gasteiger partial charge in [0.2, 0.25) is 0 Å². The van der Waals surface area contributed by atoms with Gasteiger partial charge < -0.3 is 10.0 Å². The van der Waals surface area contributed by atoms with Gasteiger partial charge in [-0.1, -0.05) is 137 Å². The third-order valence-corrected chi connectivity index (χ3v) is 9.65. The highest BCUT2D eigenvalue weighted by Crippen LogP contribution is 2.51. The number of carbonyl (C=O) groups is 1. The van der Waals surface area contributed by atoms with E-state index in [2.05, 4.69) is 154 Å². The molecule has 0 bridgehead atoms. The molecule has 1 aliphatic heterocycles. The summed E-state index contributed by atoms with van der Waals surface area (Å²) in [6.45, 7) is 14.1. The number of hydrogen-bond acceptors (Lipinski definition) is 2. The second-order valence-electron chi connectivity index (χ2n) is 13.0. The molecule has 6 rings (SSSR count). The van der Waals surface area contributed by atoms with Crippen LogP contribution in [-0.4, -0.2) is 17.6 Å². The molecule has 1 unspecified atom stereocenters. The minimum atomic E-state index is -0.799. The van der Waals surface area contributed by atoms with Gasteiger partial charge in [-0.15, -0.1) is 0 Å². The lowest BCUT2D eigenvalue weighted by Gasteiger charge is -2.34. The summed E-state index contributed by atoms with van der Waals surface area (Å²) in [6.07, 6.45) is 7.32. The third-order valence-electron chi connectivity index (χ3n) is 9.65. The van der Waals surface area contributed by atoms with Crippen molar-refractivity contribution in [2.45, 2.75) is 51.4 Å². The molecular formula is C42H41NO2. The van der Waals surface area contributed by atoms with E-state index in [1.165, 1.54) is 43.8 Å². The van der Waals surface area contributed by atoms with Crippen LogP contribution in [0.3, 0.4) is 0 Å². The molecule has 3 heteroatoms. The van der Waals surface area contributed by atoms with Gasteiger partial charge in [-0.25, -0.2) is 0 Å². The van der Waals surface area contributed by atoms with Gasteiger partial charge in [0.1, 0.15) is 0 Å². The minimum absolute atomic E-state index is 0.0611. The number of anilines is 1. The fraction of sp³-hybridized carbons (Fsp3) is 0.214. The molecule has 1 N–H and O–H groups in total. The topological polar surface area (TPSA) is 40.5 Å². The molecule has 0 saturated heterocycles. The highest BCUT2D eigenvalue weighted by Gasteiger charge is 2.41. The van der Waals surface area contributed by atoms with Crippen molar-refractivity contribution in [3.63, 3.8) is 0 Å². The van der Waals surface area contributed by atoms with E-state index in [-0.39, 0.29) is 17.3 Å². The van der Waals surface area contributed by atoms with E-state index in [0.29, 0.717) is 6.54 Å². The van der Waals surface area contributed by atoms with Crippen LogP contribution in [0.25, 0.3) is 21.5 Å². The number of hydrogen-bond donors (Lipinski definition) is 1. The fourth-order valence-corrected chi connectivity index (χ4v) is 7.40. The Balaban J connectivity index is 1.44. The van der Waals surface area contributed by atoms with Gasteiger partial charge in [-0.05, 0) is 74.9 Å². The predicted molar refractivity (Wildman–Crippen MR) is 189 cm³/mol. The maximum absolute atomic E-state index is 11.7. The van der Waals surface area contributed by atoms with Crippen LogP contribution in [0.4, 0.5) is 5.69 Å². The lowest BCUT2D eigenvalue weighted by atomic mass is 9.69. The number of allylic oxidation sites excluding steroid dienone is 5. The number of benzene rings is 5. The fourth-order valence-electron chi connectivity index (χ4n) is 7.40. The number of carboxylic acids is 1. The van der Waals surface area contributed by atoms with Crippen LogP contribution in [0.1, 0.15) is 49.4 Å². The van der Waals surface area contributed by atoms with Crippen molar-refractivity contribution in [1.82, 2.24) is 0 Å². The zero-order chi connectivity index (χ0) is 31.8. The van der Waals surface area contributed by atoms with Gasteiger partial charge in [0.05, 0.1) is 6.42 Å². The predicted octanol–water partition coefficient (Wildman–Crippen LogP) is 10.1. The third kappa shape index (κ3) is 5.48. The Kier molecular flexibility index (Phi) is 7.97. The molecule has 1 atom stereocenters. The molecule has 3 nitrogen and oxygen atoms in total. The molecular weight excluding hydrogens is 550 g/mol. The molecule has 0 aromatic heterocycles. The van der Waals surface area contributed by atoms with Crippen molar-refractivity contribution in [2.24, 2.45) is 0 Å². The molecule has 5 aromatic carbocycles. The first-order chi connectivity index (χ1) is 21.6. The van der Waals surface area contributed by atoms with E-state index in [1.54, 1.807) is 0 Å². The zero-order valence-electron chi connectivity index (χ0n) is 26.7. The van der Waals surface area contributed by atoms with Crippen molar-refractivity contribution >= 4 is 33.2 Å². The molecule has 1 heterocycles.